The van der Waals surface area contributed by atoms with Crippen molar-refractivity contribution in [1.29, 1.82) is 0 Å². The monoisotopic (exact) mass is 328 g/mol. The van der Waals surface area contributed by atoms with E-state index in [0.717, 1.165) is 15.9 Å². The molecule has 118 valence electrons. The molecule has 1 atom stereocenters. The summed E-state index contributed by atoms with van der Waals surface area (Å²) in [4.78, 5) is 36.6. The van der Waals surface area contributed by atoms with Gasteiger partial charge in [0, 0.05) is 25.4 Å². The van der Waals surface area contributed by atoms with E-state index in [1.807, 2.05) is 0 Å². The van der Waals surface area contributed by atoms with Crippen LogP contribution < -0.4 is 11.2 Å². The number of aldehydes is 1. The Balaban J connectivity index is 2.32. The highest BCUT2D eigenvalue weighted by Gasteiger charge is 2.57. The van der Waals surface area contributed by atoms with Crippen LogP contribution in [0.4, 0.5) is 8.78 Å². The van der Waals surface area contributed by atoms with E-state index in [1.54, 1.807) is 13.8 Å². The number of aromatic nitrogens is 2. The fraction of sp³-hybridized carbons (Fsp3) is 0.500. The number of aryl methyl sites for hydroxylation is 1. The van der Waals surface area contributed by atoms with E-state index in [2.05, 4.69) is 0 Å². The Bertz CT molecular complexity index is 894. The van der Waals surface area contributed by atoms with Gasteiger partial charge in [-0.25, -0.2) is 13.6 Å². The third kappa shape index (κ3) is 2.05. The summed E-state index contributed by atoms with van der Waals surface area (Å²) in [6.45, 7) is 3.29. The maximum absolute atomic E-state index is 13.2. The second-order valence-electron chi connectivity index (χ2n) is 5.49. The zero-order chi connectivity index (χ0) is 16.2. The highest BCUT2D eigenvalue weighted by Crippen LogP contribution is 2.49. The van der Waals surface area contributed by atoms with Gasteiger partial charge in [-0.15, -0.1) is 11.3 Å². The van der Waals surface area contributed by atoms with Crippen molar-refractivity contribution in [3.8, 4) is 0 Å². The molecule has 0 amide bonds. The van der Waals surface area contributed by atoms with E-state index in [9.17, 15) is 23.2 Å². The van der Waals surface area contributed by atoms with Gasteiger partial charge in [0.05, 0.1) is 10.3 Å². The Hall–Kier alpha value is -1.83. The fourth-order valence-corrected chi connectivity index (χ4v) is 3.77. The Labute approximate surface area is 127 Å². The number of carbonyl (C=O) groups is 1. The summed E-state index contributed by atoms with van der Waals surface area (Å²) in [6.07, 6.45) is 0.368. The van der Waals surface area contributed by atoms with Crippen LogP contribution in [0.5, 0.6) is 0 Å². The summed E-state index contributed by atoms with van der Waals surface area (Å²) >= 11 is 1.00. The van der Waals surface area contributed by atoms with Crippen LogP contribution in [-0.4, -0.2) is 21.3 Å². The standard InChI is InChI=1S/C14H14F2N2O3S/c1-3-17-11(20)10-7(2)9(6-19)22-12(10)18(13(17)21)5-8-4-14(8,15)16/h6,8H,3-5H2,1-2H3. The molecule has 0 saturated heterocycles. The predicted molar refractivity (Wildman–Crippen MR) is 79.2 cm³/mol. The van der Waals surface area contributed by atoms with E-state index < -0.39 is 23.1 Å². The van der Waals surface area contributed by atoms with Gasteiger partial charge in [0.15, 0.2) is 6.29 Å². The molecule has 1 aliphatic rings. The Morgan fingerprint density at radius 1 is 1.36 bits per heavy atom. The van der Waals surface area contributed by atoms with Crippen molar-refractivity contribution in [1.82, 2.24) is 9.13 Å². The largest absolute Gasteiger partial charge is 0.332 e. The second-order valence-corrected chi connectivity index (χ2v) is 6.52. The number of rotatable bonds is 4. The first kappa shape index (κ1) is 15.1. The van der Waals surface area contributed by atoms with Crippen LogP contribution in [0.3, 0.4) is 0 Å². The molecule has 1 saturated carbocycles. The summed E-state index contributed by atoms with van der Waals surface area (Å²) in [6, 6.07) is 0. The molecule has 5 nitrogen and oxygen atoms in total. The minimum atomic E-state index is -2.75. The van der Waals surface area contributed by atoms with Crippen molar-refractivity contribution in [3.05, 3.63) is 31.3 Å². The molecule has 1 unspecified atom stereocenters. The van der Waals surface area contributed by atoms with Crippen molar-refractivity contribution < 1.29 is 13.6 Å². The van der Waals surface area contributed by atoms with Crippen LogP contribution in [0.25, 0.3) is 10.2 Å². The molecule has 22 heavy (non-hydrogen) atoms. The van der Waals surface area contributed by atoms with Crippen molar-refractivity contribution in [2.24, 2.45) is 5.92 Å². The molecule has 1 fully saturated rings. The quantitative estimate of drug-likeness (QED) is 0.807. The van der Waals surface area contributed by atoms with E-state index in [-0.39, 0.29) is 24.9 Å². The molecule has 8 heteroatoms. The molecule has 0 bridgehead atoms. The Morgan fingerprint density at radius 2 is 2.00 bits per heavy atom. The first-order valence-electron chi connectivity index (χ1n) is 6.91. The van der Waals surface area contributed by atoms with E-state index in [4.69, 9.17) is 0 Å². The maximum Gasteiger partial charge on any atom is 0.332 e. The van der Waals surface area contributed by atoms with Crippen LogP contribution in [0.1, 0.15) is 28.6 Å². The molecule has 0 aromatic carbocycles. The van der Waals surface area contributed by atoms with Crippen LogP contribution in [0, 0.1) is 12.8 Å². The summed E-state index contributed by atoms with van der Waals surface area (Å²) in [5.41, 5.74) is -0.567. The van der Waals surface area contributed by atoms with Crippen LogP contribution in [-0.2, 0) is 13.1 Å². The van der Waals surface area contributed by atoms with Gasteiger partial charge in [0.25, 0.3) is 11.5 Å². The number of thiophene rings is 1. The molecular formula is C14H14F2N2O3S. The summed E-state index contributed by atoms with van der Waals surface area (Å²) in [5, 5.41) is 0.275. The van der Waals surface area contributed by atoms with E-state index in [1.165, 1.54) is 4.57 Å². The molecule has 1 aliphatic carbocycles. The zero-order valence-electron chi connectivity index (χ0n) is 12.1. The number of hydrogen-bond acceptors (Lipinski definition) is 4. The van der Waals surface area contributed by atoms with Gasteiger partial charge >= 0.3 is 5.69 Å². The van der Waals surface area contributed by atoms with Crippen molar-refractivity contribution in [3.63, 3.8) is 0 Å². The van der Waals surface area contributed by atoms with Gasteiger partial charge < -0.3 is 0 Å². The SMILES string of the molecule is CCn1c(=O)c2c(C)c(C=O)sc2n(CC2CC2(F)F)c1=O. The third-order valence-electron chi connectivity index (χ3n) is 4.11. The van der Waals surface area contributed by atoms with Crippen molar-refractivity contribution in [2.75, 3.05) is 0 Å². The summed E-state index contributed by atoms with van der Waals surface area (Å²) in [5.74, 6) is -3.64. The molecule has 0 spiro atoms. The lowest BCUT2D eigenvalue weighted by molar-refractivity contribution is 0.0950. The lowest BCUT2D eigenvalue weighted by Gasteiger charge is -2.10. The minimum Gasteiger partial charge on any atom is -0.297 e. The zero-order valence-corrected chi connectivity index (χ0v) is 12.9. The van der Waals surface area contributed by atoms with Gasteiger partial charge in [-0.05, 0) is 19.4 Å². The van der Waals surface area contributed by atoms with Gasteiger partial charge in [-0.2, -0.15) is 0 Å². The fourth-order valence-electron chi connectivity index (χ4n) is 2.65. The molecular weight excluding hydrogens is 314 g/mol. The second kappa shape index (κ2) is 4.84. The highest BCUT2D eigenvalue weighted by atomic mass is 32.1. The van der Waals surface area contributed by atoms with Gasteiger partial charge in [0.1, 0.15) is 4.83 Å². The van der Waals surface area contributed by atoms with Crippen LogP contribution in [0.15, 0.2) is 9.59 Å². The molecule has 0 N–H and O–H groups in total. The first-order valence-corrected chi connectivity index (χ1v) is 7.73. The molecule has 2 aromatic heterocycles. The van der Waals surface area contributed by atoms with Gasteiger partial charge in [-0.3, -0.25) is 18.7 Å². The van der Waals surface area contributed by atoms with E-state index in [0.29, 0.717) is 21.6 Å². The third-order valence-corrected chi connectivity index (χ3v) is 5.35. The normalized spacial score (nSPS) is 19.5. The minimum absolute atomic E-state index is 0.138. The molecule has 2 heterocycles. The van der Waals surface area contributed by atoms with Crippen LogP contribution >= 0.6 is 11.3 Å². The molecule has 2 aromatic rings. The highest BCUT2D eigenvalue weighted by molar-refractivity contribution is 7.20. The lowest BCUT2D eigenvalue weighted by Crippen LogP contribution is -2.39. The maximum atomic E-state index is 13.2. The number of nitrogens with zero attached hydrogens (tertiary/aromatic N) is 2. The Kier molecular flexibility index (Phi) is 3.32. The van der Waals surface area contributed by atoms with Gasteiger partial charge in [0.2, 0.25) is 0 Å². The Morgan fingerprint density at radius 3 is 2.50 bits per heavy atom. The summed E-state index contributed by atoms with van der Waals surface area (Å²) in [7, 11) is 0. The number of alkyl halides is 2. The number of carbonyl (C=O) groups excluding carboxylic acids is 1. The topological polar surface area (TPSA) is 61.1 Å². The molecule has 3 rings (SSSR count). The number of fused-ring (bicyclic) bond motifs is 1. The van der Waals surface area contributed by atoms with Gasteiger partial charge in [-0.1, -0.05) is 0 Å². The van der Waals surface area contributed by atoms with Crippen LogP contribution in [0.2, 0.25) is 0 Å². The smallest absolute Gasteiger partial charge is 0.297 e. The average molecular weight is 328 g/mol. The lowest BCUT2D eigenvalue weighted by atomic mass is 10.2. The average Bonchev–Trinajstić information content (AvgIpc) is 2.91. The van der Waals surface area contributed by atoms with E-state index >= 15 is 0 Å². The number of halogens is 2. The predicted octanol–water partition coefficient (Wildman–Crippen LogP) is 2.02. The van der Waals surface area contributed by atoms with Crippen molar-refractivity contribution >= 4 is 27.8 Å². The summed E-state index contributed by atoms with van der Waals surface area (Å²) < 4.78 is 28.6. The number of hydrogen-bond donors (Lipinski definition) is 0. The molecule has 0 aliphatic heterocycles. The van der Waals surface area contributed by atoms with Crippen molar-refractivity contribution in [2.45, 2.75) is 39.3 Å². The first-order chi connectivity index (χ1) is 10.3. The molecule has 0 radical (unpaired) electrons.